The van der Waals surface area contributed by atoms with Crippen LogP contribution in [0.1, 0.15) is 60.2 Å². The Morgan fingerprint density at radius 3 is 2.21 bits per heavy atom. The Balaban J connectivity index is 0.000000647. The summed E-state index contributed by atoms with van der Waals surface area (Å²) in [5, 5.41) is 11.0. The van der Waals surface area contributed by atoms with Gasteiger partial charge in [0, 0.05) is 52.7 Å². The van der Waals surface area contributed by atoms with Crippen molar-refractivity contribution < 1.29 is 35.1 Å². The number of hydrogen-bond acceptors (Lipinski definition) is 8. The van der Waals surface area contributed by atoms with Crippen LogP contribution in [-0.4, -0.2) is 98.5 Å². The molecule has 0 bridgehead atoms. The van der Waals surface area contributed by atoms with Gasteiger partial charge in [0.15, 0.2) is 0 Å². The van der Waals surface area contributed by atoms with E-state index in [-0.39, 0.29) is 50.4 Å². The number of carbonyl (C=O) groups is 3. The van der Waals surface area contributed by atoms with Gasteiger partial charge in [0.2, 0.25) is 11.8 Å². The highest BCUT2D eigenvalue weighted by Crippen LogP contribution is 2.20. The molecule has 1 atom stereocenters. The molecule has 2 aliphatic rings. The van der Waals surface area contributed by atoms with Gasteiger partial charge in [-0.25, -0.2) is 0 Å². The van der Waals surface area contributed by atoms with Gasteiger partial charge < -0.3 is 29.5 Å². The van der Waals surface area contributed by atoms with Gasteiger partial charge in [-0.3, -0.25) is 19.4 Å². The van der Waals surface area contributed by atoms with Crippen molar-refractivity contribution in [3.8, 4) is 0 Å². The molecule has 0 aromatic carbocycles. The van der Waals surface area contributed by atoms with Crippen LogP contribution in [0.4, 0.5) is 0 Å². The lowest BCUT2D eigenvalue weighted by atomic mass is 9.98. The minimum atomic E-state index is -0.246. The first-order chi connectivity index (χ1) is 18.8. The van der Waals surface area contributed by atoms with Crippen molar-refractivity contribution in [2.75, 3.05) is 59.8 Å². The first-order valence-corrected chi connectivity index (χ1v) is 14.1. The fourth-order valence-electron chi connectivity index (χ4n) is 3.96. The van der Waals surface area contributed by atoms with Crippen molar-refractivity contribution in [2.45, 2.75) is 64.9 Å². The van der Waals surface area contributed by atoms with Gasteiger partial charge in [-0.1, -0.05) is 39.2 Å². The molecule has 2 heterocycles. The zero-order valence-corrected chi connectivity index (χ0v) is 24.0. The normalized spacial score (nSPS) is 17.2. The topological polar surface area (TPSA) is 127 Å². The highest BCUT2D eigenvalue weighted by molar-refractivity contribution is 5.89. The van der Waals surface area contributed by atoms with E-state index in [1.54, 1.807) is 24.3 Å². The summed E-state index contributed by atoms with van der Waals surface area (Å²) in [4.78, 5) is 39.0. The van der Waals surface area contributed by atoms with Crippen molar-refractivity contribution in [1.29, 1.82) is 0 Å². The van der Waals surface area contributed by atoms with Crippen LogP contribution < -0.4 is 5.32 Å². The number of ether oxygens (including phenoxy) is 3. The number of nitrogens with zero attached hydrogens (tertiary/aromatic N) is 2. The first kappa shape index (κ1) is 34.6. The number of rotatable bonds is 14. The Hall–Kier alpha value is -2.40. The fraction of sp³-hybridized carbons (Fsp3) is 0.724. The van der Waals surface area contributed by atoms with Gasteiger partial charge in [-0.15, -0.1) is 0 Å². The van der Waals surface area contributed by atoms with Crippen molar-refractivity contribution in [1.82, 2.24) is 15.2 Å². The third-order valence-corrected chi connectivity index (χ3v) is 6.33. The van der Waals surface area contributed by atoms with Gasteiger partial charge in [-0.2, -0.15) is 0 Å². The highest BCUT2D eigenvalue weighted by atomic mass is 16.5. The van der Waals surface area contributed by atoms with Crippen LogP contribution in [0.3, 0.4) is 0 Å². The SMILES string of the molecule is CC(C)C(=O)CCOCCOCCOC1CCCCC1.CN1C[C@@H](C(=O)NCCO)CC1=O.[HH].c1ccncc1. The van der Waals surface area contributed by atoms with Crippen molar-refractivity contribution >= 4 is 17.6 Å². The number of ketones is 1. The van der Waals surface area contributed by atoms with Crippen LogP contribution in [0.15, 0.2) is 30.6 Å². The summed E-state index contributed by atoms with van der Waals surface area (Å²) in [5.41, 5.74) is 0. The number of hydrogen-bond donors (Lipinski definition) is 2. The maximum atomic E-state index is 11.3. The molecule has 3 rings (SSSR count). The van der Waals surface area contributed by atoms with Crippen LogP contribution in [-0.2, 0) is 28.6 Å². The molecule has 224 valence electrons. The largest absolute Gasteiger partial charge is 0.395 e. The Kier molecular flexibility index (Phi) is 19.9. The summed E-state index contributed by atoms with van der Waals surface area (Å²) in [5.74, 6) is -0.0291. The van der Waals surface area contributed by atoms with Crippen LogP contribution >= 0.6 is 0 Å². The number of aliphatic hydroxyl groups excluding tert-OH is 1. The van der Waals surface area contributed by atoms with Crippen LogP contribution in [0, 0.1) is 11.8 Å². The van der Waals surface area contributed by atoms with E-state index in [9.17, 15) is 14.4 Å². The number of likely N-dealkylation sites (tertiary alicyclic amines) is 1. The average molecular weight is 554 g/mol. The fourth-order valence-corrected chi connectivity index (χ4v) is 3.96. The lowest BCUT2D eigenvalue weighted by molar-refractivity contribution is -0.128. The van der Waals surface area contributed by atoms with Gasteiger partial charge in [0.1, 0.15) is 5.78 Å². The molecule has 1 saturated carbocycles. The number of amides is 2. The predicted octanol–water partition coefficient (Wildman–Crippen LogP) is 2.88. The highest BCUT2D eigenvalue weighted by Gasteiger charge is 2.31. The van der Waals surface area contributed by atoms with Gasteiger partial charge >= 0.3 is 0 Å². The molecule has 10 nitrogen and oxygen atoms in total. The summed E-state index contributed by atoms with van der Waals surface area (Å²) < 4.78 is 16.6. The molecule has 2 fully saturated rings. The Morgan fingerprint density at radius 1 is 1.05 bits per heavy atom. The zero-order chi connectivity index (χ0) is 28.7. The van der Waals surface area contributed by atoms with Crippen LogP contribution in [0.5, 0.6) is 0 Å². The lowest BCUT2D eigenvalue weighted by Gasteiger charge is -2.21. The molecular weight excluding hydrogens is 502 g/mol. The first-order valence-electron chi connectivity index (χ1n) is 14.1. The third kappa shape index (κ3) is 17.7. The monoisotopic (exact) mass is 553 g/mol. The molecule has 39 heavy (non-hydrogen) atoms. The van der Waals surface area contributed by atoms with Gasteiger partial charge in [-0.05, 0) is 25.0 Å². The van der Waals surface area contributed by atoms with Crippen molar-refractivity contribution in [3.63, 3.8) is 0 Å². The molecule has 1 saturated heterocycles. The van der Waals surface area contributed by atoms with Gasteiger partial charge in [0.25, 0.3) is 0 Å². The summed E-state index contributed by atoms with van der Waals surface area (Å²) in [6.45, 7) is 7.43. The molecule has 10 heteroatoms. The smallest absolute Gasteiger partial charge is 0.225 e. The van der Waals surface area contributed by atoms with E-state index < -0.39 is 0 Å². The summed E-state index contributed by atoms with van der Waals surface area (Å²) in [6.07, 6.45) is 11.1. The molecule has 1 aromatic rings. The number of aromatic nitrogens is 1. The molecule has 2 amide bonds. The quantitative estimate of drug-likeness (QED) is 0.337. The van der Waals surface area contributed by atoms with Crippen LogP contribution in [0.2, 0.25) is 0 Å². The maximum absolute atomic E-state index is 11.3. The van der Waals surface area contributed by atoms with E-state index in [1.165, 1.54) is 32.1 Å². The minimum absolute atomic E-state index is 0. The summed E-state index contributed by atoms with van der Waals surface area (Å²) in [6, 6.07) is 5.72. The third-order valence-electron chi connectivity index (χ3n) is 6.33. The second-order valence-corrected chi connectivity index (χ2v) is 9.94. The predicted molar refractivity (Wildman–Crippen MR) is 151 cm³/mol. The van der Waals surface area contributed by atoms with E-state index in [1.807, 2.05) is 32.0 Å². The summed E-state index contributed by atoms with van der Waals surface area (Å²) >= 11 is 0. The van der Waals surface area contributed by atoms with E-state index in [0.29, 0.717) is 52.1 Å². The molecule has 1 aliphatic carbocycles. The molecular formula is C29H51N3O7. The Bertz CT molecular complexity index is 753. The number of carbonyl (C=O) groups excluding carboxylic acids is 3. The number of nitrogens with one attached hydrogen (secondary N) is 1. The second-order valence-electron chi connectivity index (χ2n) is 9.94. The maximum Gasteiger partial charge on any atom is 0.225 e. The van der Waals surface area contributed by atoms with E-state index in [2.05, 4.69) is 10.3 Å². The minimum Gasteiger partial charge on any atom is -0.395 e. The number of pyridine rings is 1. The van der Waals surface area contributed by atoms with E-state index in [0.717, 1.165) is 0 Å². The molecule has 1 aromatic heterocycles. The Labute approximate surface area is 235 Å². The van der Waals surface area contributed by atoms with E-state index >= 15 is 0 Å². The van der Waals surface area contributed by atoms with Crippen molar-refractivity contribution in [2.24, 2.45) is 11.8 Å². The molecule has 1 aliphatic heterocycles. The number of aliphatic hydroxyl groups is 1. The zero-order valence-electron chi connectivity index (χ0n) is 24.0. The molecule has 0 unspecified atom stereocenters. The lowest BCUT2D eigenvalue weighted by Crippen LogP contribution is -2.33. The van der Waals surface area contributed by atoms with Crippen molar-refractivity contribution in [3.05, 3.63) is 30.6 Å². The van der Waals surface area contributed by atoms with Crippen LogP contribution in [0.25, 0.3) is 0 Å². The second kappa shape index (κ2) is 22.4. The standard InChI is InChI=1S/C16H30O4.C8H14N2O3.C5H5N.H2/c1-14(2)16(17)8-9-18-10-11-19-12-13-20-15-6-4-3-5-7-15;1-10-5-6(4-7(10)12)8(13)9-2-3-11;1-2-4-6-5-3-1;/h14-15H,3-13H2,1-2H3;6,11H,2-5H2,1H3,(H,9,13);1-5H;1H/t;6-;;/m.0../s1. The summed E-state index contributed by atoms with van der Waals surface area (Å²) in [7, 11) is 1.68. The average Bonchev–Trinajstić information content (AvgIpc) is 3.30. The molecule has 0 spiro atoms. The molecule has 0 radical (unpaired) electrons. The Morgan fingerprint density at radius 2 is 1.69 bits per heavy atom. The number of Topliss-reactive ketones (excluding diaryl/α,β-unsaturated/α-hetero) is 1. The van der Waals surface area contributed by atoms with Gasteiger partial charge in [0.05, 0.1) is 51.7 Å². The molecule has 2 N–H and O–H groups in total. The van der Waals surface area contributed by atoms with E-state index in [4.69, 9.17) is 19.3 Å².